The van der Waals surface area contributed by atoms with Gasteiger partial charge in [0.15, 0.2) is 0 Å². The van der Waals surface area contributed by atoms with E-state index in [9.17, 15) is 24.6 Å². The molecule has 0 aromatic rings. The minimum Gasteiger partial charge on any atom is -0.462 e. The lowest BCUT2D eigenvalue weighted by Gasteiger charge is -2.16. The average Bonchev–Trinajstić information content (AvgIpc) is 3.12. The number of esters is 2. The lowest BCUT2D eigenvalue weighted by Crippen LogP contribution is -2.18. The summed E-state index contributed by atoms with van der Waals surface area (Å²) in [5.41, 5.74) is 0. The van der Waals surface area contributed by atoms with Gasteiger partial charge in [0.1, 0.15) is 19.0 Å². The van der Waals surface area contributed by atoms with Gasteiger partial charge in [0.2, 0.25) is 0 Å². The van der Waals surface area contributed by atoms with Crippen molar-refractivity contribution in [1.82, 2.24) is 0 Å². The van der Waals surface area contributed by atoms with Crippen LogP contribution in [0.15, 0.2) is 24.3 Å². The van der Waals surface area contributed by atoms with Crippen LogP contribution < -0.4 is 0 Å². The van der Waals surface area contributed by atoms with Crippen LogP contribution in [0.3, 0.4) is 0 Å². The molecule has 0 amide bonds. The number of hydrogen-bond acceptors (Lipinski definition) is 7. The van der Waals surface area contributed by atoms with E-state index in [-0.39, 0.29) is 55.6 Å². The minimum absolute atomic E-state index is 0.0486. The maximum atomic E-state index is 12.3. The number of unbranched alkanes of at least 4 members (excludes halogenated alkanes) is 6. The van der Waals surface area contributed by atoms with E-state index in [1.54, 1.807) is 6.08 Å². The maximum Gasteiger partial charge on any atom is 0.305 e. The van der Waals surface area contributed by atoms with Gasteiger partial charge in [-0.05, 0) is 32.1 Å². The highest BCUT2D eigenvalue weighted by molar-refractivity contribution is 5.84. The summed E-state index contributed by atoms with van der Waals surface area (Å²) in [7, 11) is 0. The lowest BCUT2D eigenvalue weighted by atomic mass is 9.90. The van der Waals surface area contributed by atoms with Crippen LogP contribution in [0.25, 0.3) is 0 Å². The molecule has 36 heavy (non-hydrogen) atoms. The van der Waals surface area contributed by atoms with Crippen LogP contribution in [0.4, 0.5) is 0 Å². The second kappa shape index (κ2) is 20.1. The molecule has 1 fully saturated rings. The van der Waals surface area contributed by atoms with Crippen molar-refractivity contribution in [3.05, 3.63) is 24.3 Å². The van der Waals surface area contributed by atoms with E-state index >= 15 is 0 Å². The molecule has 1 saturated carbocycles. The number of carbonyl (C=O) groups is 3. The summed E-state index contributed by atoms with van der Waals surface area (Å²) < 4.78 is 10.2. The van der Waals surface area contributed by atoms with E-state index in [2.05, 4.69) is 13.8 Å². The van der Waals surface area contributed by atoms with Crippen LogP contribution in [0, 0.1) is 11.8 Å². The number of Topliss-reactive ketones (excluding diaryl/α,β-unsaturated/α-hetero) is 1. The normalized spacial score (nSPS) is 20.9. The van der Waals surface area contributed by atoms with Gasteiger partial charge in [0.25, 0.3) is 0 Å². The highest BCUT2D eigenvalue weighted by Gasteiger charge is 2.39. The van der Waals surface area contributed by atoms with E-state index in [1.165, 1.54) is 0 Å². The second-order valence-electron chi connectivity index (χ2n) is 9.72. The summed E-state index contributed by atoms with van der Waals surface area (Å²) in [6, 6.07) is 0. The predicted molar refractivity (Wildman–Crippen MR) is 140 cm³/mol. The van der Waals surface area contributed by atoms with Crippen LogP contribution in [0.1, 0.15) is 104 Å². The highest BCUT2D eigenvalue weighted by atomic mass is 16.6. The first-order valence-electron chi connectivity index (χ1n) is 13.9. The van der Waals surface area contributed by atoms with E-state index in [4.69, 9.17) is 9.47 Å². The Morgan fingerprint density at radius 2 is 1.58 bits per heavy atom. The standard InChI is InChI=1S/C29H48O7/c1-3-5-7-12-16-28(33)35-20-21-36-29(34)17-13-9-8-11-15-24-25(27(32)22-26(24)31)19-18-23(30)14-10-6-4-2/h8,11,18-19,23-25,27,30,32H,3-7,9-10,12-17,20-22H2,1-2H3/b11-8-,19-18+/t23-,24+,25+,27+/m0/s1. The fraction of sp³-hybridized carbons (Fsp3) is 0.759. The molecule has 1 aliphatic rings. The van der Waals surface area contributed by atoms with Crippen molar-refractivity contribution in [3.8, 4) is 0 Å². The van der Waals surface area contributed by atoms with Gasteiger partial charge in [-0.3, -0.25) is 14.4 Å². The molecule has 4 atom stereocenters. The number of aliphatic hydroxyl groups is 2. The molecular weight excluding hydrogens is 460 g/mol. The first kappa shape index (κ1) is 32.0. The topological polar surface area (TPSA) is 110 Å². The van der Waals surface area contributed by atoms with E-state index in [0.29, 0.717) is 32.1 Å². The van der Waals surface area contributed by atoms with E-state index in [1.807, 2.05) is 18.2 Å². The summed E-state index contributed by atoms with van der Waals surface area (Å²) in [6.45, 7) is 4.39. The van der Waals surface area contributed by atoms with Crippen LogP contribution in [-0.4, -0.2) is 53.4 Å². The van der Waals surface area contributed by atoms with Crippen molar-refractivity contribution in [1.29, 1.82) is 0 Å². The van der Waals surface area contributed by atoms with Gasteiger partial charge < -0.3 is 19.7 Å². The Balaban J connectivity index is 2.21. The summed E-state index contributed by atoms with van der Waals surface area (Å²) in [4.78, 5) is 35.7. The Morgan fingerprint density at radius 3 is 2.25 bits per heavy atom. The summed E-state index contributed by atoms with van der Waals surface area (Å²) in [5.74, 6) is -1.08. The molecule has 2 N–H and O–H groups in total. The van der Waals surface area contributed by atoms with Crippen molar-refractivity contribution in [2.75, 3.05) is 13.2 Å². The summed E-state index contributed by atoms with van der Waals surface area (Å²) in [6.07, 6.45) is 16.8. The highest BCUT2D eigenvalue weighted by Crippen LogP contribution is 2.33. The Morgan fingerprint density at radius 1 is 0.944 bits per heavy atom. The lowest BCUT2D eigenvalue weighted by molar-refractivity contribution is -0.152. The molecule has 1 aliphatic carbocycles. The molecule has 0 aliphatic heterocycles. The third-order valence-electron chi connectivity index (χ3n) is 6.54. The molecule has 7 heteroatoms. The molecule has 0 unspecified atom stereocenters. The van der Waals surface area contributed by atoms with Gasteiger partial charge in [0, 0.05) is 31.1 Å². The fourth-order valence-corrected chi connectivity index (χ4v) is 4.36. The molecule has 0 aromatic carbocycles. The van der Waals surface area contributed by atoms with E-state index < -0.39 is 12.2 Å². The van der Waals surface area contributed by atoms with Crippen LogP contribution in [-0.2, 0) is 23.9 Å². The molecule has 7 nitrogen and oxygen atoms in total. The Hall–Kier alpha value is -1.99. The van der Waals surface area contributed by atoms with Gasteiger partial charge in [-0.15, -0.1) is 0 Å². The van der Waals surface area contributed by atoms with Crippen molar-refractivity contribution in [2.24, 2.45) is 11.8 Å². The predicted octanol–water partition coefficient (Wildman–Crippen LogP) is 5.22. The third-order valence-corrected chi connectivity index (χ3v) is 6.54. The number of aliphatic hydroxyl groups excluding tert-OH is 2. The first-order valence-corrected chi connectivity index (χ1v) is 13.9. The second-order valence-corrected chi connectivity index (χ2v) is 9.72. The zero-order valence-corrected chi connectivity index (χ0v) is 22.4. The number of carbonyl (C=O) groups excluding carboxylic acids is 3. The van der Waals surface area contributed by atoms with Gasteiger partial charge >= 0.3 is 11.9 Å². The number of ketones is 1. The Labute approximate surface area is 217 Å². The summed E-state index contributed by atoms with van der Waals surface area (Å²) >= 11 is 0. The number of rotatable bonds is 20. The molecule has 0 aromatic heterocycles. The monoisotopic (exact) mass is 508 g/mol. The maximum absolute atomic E-state index is 12.3. The minimum atomic E-state index is -0.704. The first-order chi connectivity index (χ1) is 17.4. The number of ether oxygens (including phenoxy) is 2. The zero-order valence-electron chi connectivity index (χ0n) is 22.4. The fourth-order valence-electron chi connectivity index (χ4n) is 4.36. The average molecular weight is 509 g/mol. The van der Waals surface area contributed by atoms with Gasteiger partial charge in [-0.2, -0.15) is 0 Å². The van der Waals surface area contributed by atoms with Crippen LogP contribution >= 0.6 is 0 Å². The molecule has 0 spiro atoms. The SMILES string of the molecule is CCCCCCC(=O)OCCOC(=O)CCC/C=C\C[C@H]1C(=O)C[C@@H](O)[C@@H]1/C=C/[C@@H](O)CCCCC. The third kappa shape index (κ3) is 14.5. The molecule has 0 bridgehead atoms. The number of allylic oxidation sites excluding steroid dienone is 2. The largest absolute Gasteiger partial charge is 0.462 e. The zero-order chi connectivity index (χ0) is 26.6. The molecular formula is C29H48O7. The Bertz CT molecular complexity index is 685. The quantitative estimate of drug-likeness (QED) is 0.132. The van der Waals surface area contributed by atoms with E-state index in [0.717, 1.165) is 44.9 Å². The summed E-state index contributed by atoms with van der Waals surface area (Å²) in [5, 5.41) is 20.4. The smallest absolute Gasteiger partial charge is 0.305 e. The van der Waals surface area contributed by atoms with Gasteiger partial charge in [-0.1, -0.05) is 76.7 Å². The molecule has 206 valence electrons. The van der Waals surface area contributed by atoms with Crippen molar-refractivity contribution in [3.63, 3.8) is 0 Å². The molecule has 0 heterocycles. The van der Waals surface area contributed by atoms with Crippen molar-refractivity contribution < 1.29 is 34.1 Å². The molecule has 0 radical (unpaired) electrons. The van der Waals surface area contributed by atoms with Crippen molar-refractivity contribution >= 4 is 17.7 Å². The molecule has 0 saturated heterocycles. The van der Waals surface area contributed by atoms with Crippen LogP contribution in [0.2, 0.25) is 0 Å². The van der Waals surface area contributed by atoms with Gasteiger partial charge in [-0.25, -0.2) is 0 Å². The Kier molecular flexibility index (Phi) is 17.9. The van der Waals surface area contributed by atoms with Crippen molar-refractivity contribution in [2.45, 2.75) is 116 Å². The van der Waals surface area contributed by atoms with Crippen LogP contribution in [0.5, 0.6) is 0 Å². The van der Waals surface area contributed by atoms with Gasteiger partial charge in [0.05, 0.1) is 12.2 Å². The molecule has 1 rings (SSSR count). The number of hydrogen-bond donors (Lipinski definition) is 2.